The van der Waals surface area contributed by atoms with E-state index in [9.17, 15) is 14.4 Å². The molecule has 0 spiro atoms. The van der Waals surface area contributed by atoms with Crippen LogP contribution in [0.3, 0.4) is 0 Å². The highest BCUT2D eigenvalue weighted by Crippen LogP contribution is 2.51. The highest BCUT2D eigenvalue weighted by Gasteiger charge is 2.46. The van der Waals surface area contributed by atoms with Gasteiger partial charge in [0.15, 0.2) is 29.7 Å². The number of carbonyl (C=O) groups is 3. The van der Waals surface area contributed by atoms with Gasteiger partial charge >= 0.3 is 0 Å². The van der Waals surface area contributed by atoms with Gasteiger partial charge in [0.1, 0.15) is 0 Å². The molecule has 0 saturated carbocycles. The number of allylic oxidation sites excluding steroid dienone is 4. The molecule has 0 saturated heterocycles. The molecular weight excluding hydrogens is 504 g/mol. The van der Waals surface area contributed by atoms with Crippen molar-refractivity contribution < 1.29 is 23.9 Å². The molecule has 1 heterocycles. The van der Waals surface area contributed by atoms with Crippen LogP contribution in [0, 0.1) is 17.8 Å². The maximum Gasteiger partial charge on any atom is 0.262 e. The van der Waals surface area contributed by atoms with Crippen LogP contribution >= 0.6 is 0 Å². The molecule has 7 nitrogen and oxygen atoms in total. The summed E-state index contributed by atoms with van der Waals surface area (Å²) in [6.45, 7) is 10.2. The number of amides is 1. The largest absolute Gasteiger partial charge is 0.493 e. The van der Waals surface area contributed by atoms with Crippen molar-refractivity contribution in [1.82, 2.24) is 5.32 Å². The highest BCUT2D eigenvalue weighted by molar-refractivity contribution is 6.06. The first kappa shape index (κ1) is 27.7. The molecule has 0 fully saturated rings. The second-order valence-electron chi connectivity index (χ2n) is 12.8. The van der Waals surface area contributed by atoms with Crippen molar-refractivity contribution in [2.75, 3.05) is 19.0 Å². The van der Waals surface area contributed by atoms with Crippen LogP contribution in [0.25, 0.3) is 0 Å². The number of ether oxygens (including phenoxy) is 2. The molecule has 0 unspecified atom stereocenters. The van der Waals surface area contributed by atoms with Crippen molar-refractivity contribution in [2.24, 2.45) is 10.8 Å². The Balaban J connectivity index is 1.46. The van der Waals surface area contributed by atoms with Crippen LogP contribution < -0.4 is 20.1 Å². The van der Waals surface area contributed by atoms with Crippen molar-refractivity contribution in [1.29, 1.82) is 0 Å². The lowest BCUT2D eigenvalue weighted by Gasteiger charge is -2.44. The zero-order valence-electron chi connectivity index (χ0n) is 24.2. The average molecular weight is 543 g/mol. The van der Waals surface area contributed by atoms with Crippen molar-refractivity contribution in [3.63, 3.8) is 0 Å². The third kappa shape index (κ3) is 5.55. The second-order valence-corrected chi connectivity index (χ2v) is 12.8. The van der Waals surface area contributed by atoms with Crippen LogP contribution in [0.2, 0.25) is 0 Å². The maximum atomic E-state index is 13.6. The molecule has 0 aromatic heterocycles. The Morgan fingerprint density at radius 2 is 1.52 bits per heavy atom. The van der Waals surface area contributed by atoms with Gasteiger partial charge in [-0.15, -0.1) is 0 Å². The first-order valence-electron chi connectivity index (χ1n) is 13.8. The fourth-order valence-electron chi connectivity index (χ4n) is 6.27. The van der Waals surface area contributed by atoms with Crippen molar-refractivity contribution in [3.05, 3.63) is 76.1 Å². The first-order chi connectivity index (χ1) is 18.9. The zero-order chi connectivity index (χ0) is 28.8. The zero-order valence-corrected chi connectivity index (χ0v) is 24.2. The van der Waals surface area contributed by atoms with E-state index in [2.05, 4.69) is 38.3 Å². The number of anilines is 1. The average Bonchev–Trinajstić information content (AvgIpc) is 2.84. The Kier molecular flexibility index (Phi) is 7.11. The van der Waals surface area contributed by atoms with Gasteiger partial charge in [-0.3, -0.25) is 14.4 Å². The smallest absolute Gasteiger partial charge is 0.262 e. The van der Waals surface area contributed by atoms with E-state index in [4.69, 9.17) is 9.47 Å². The minimum Gasteiger partial charge on any atom is -0.493 e. The summed E-state index contributed by atoms with van der Waals surface area (Å²) in [5.74, 6) is 0.239. The highest BCUT2D eigenvalue weighted by atomic mass is 16.5. The monoisotopic (exact) mass is 542 g/mol. The minimum absolute atomic E-state index is 0.0695. The van der Waals surface area contributed by atoms with Crippen LogP contribution in [0.4, 0.5) is 5.69 Å². The van der Waals surface area contributed by atoms with Crippen molar-refractivity contribution >= 4 is 23.2 Å². The SMILES string of the molecule is COc1cc(C2C3=C(CC(C)(C)CC3=O)NC3=C2C(=O)CC(C)(C)C3)ccc1OCC(=O)Nc1cccc(C)c1. The minimum atomic E-state index is -0.467. The molecule has 2 aromatic carbocycles. The van der Waals surface area contributed by atoms with E-state index in [0.29, 0.717) is 41.2 Å². The normalized spacial score (nSPS) is 19.9. The van der Waals surface area contributed by atoms with Gasteiger partial charge < -0.3 is 20.1 Å². The molecule has 0 atom stereocenters. The molecule has 2 aromatic rings. The van der Waals surface area contributed by atoms with Crippen LogP contribution in [0.1, 0.15) is 70.4 Å². The molecule has 210 valence electrons. The van der Waals surface area contributed by atoms with Crippen molar-refractivity contribution in [2.45, 2.75) is 66.2 Å². The molecule has 5 rings (SSSR count). The molecule has 1 amide bonds. The molecule has 2 aliphatic carbocycles. The number of hydrogen-bond donors (Lipinski definition) is 2. The fourth-order valence-corrected chi connectivity index (χ4v) is 6.27. The van der Waals surface area contributed by atoms with Gasteiger partial charge in [0.2, 0.25) is 0 Å². The topological polar surface area (TPSA) is 93.7 Å². The Hall–Kier alpha value is -3.87. The molecule has 1 aliphatic heterocycles. The number of rotatable bonds is 6. The predicted octanol–water partition coefficient (Wildman–Crippen LogP) is 5.99. The summed E-state index contributed by atoms with van der Waals surface area (Å²) in [4.78, 5) is 39.7. The lowest BCUT2D eigenvalue weighted by Crippen LogP contribution is -2.42. The third-order valence-electron chi connectivity index (χ3n) is 7.90. The van der Waals surface area contributed by atoms with E-state index in [0.717, 1.165) is 35.4 Å². The Morgan fingerprint density at radius 3 is 2.10 bits per heavy atom. The van der Waals surface area contributed by atoms with E-state index < -0.39 is 5.92 Å². The number of aryl methyl sites for hydroxylation is 1. The first-order valence-corrected chi connectivity index (χ1v) is 13.8. The molecule has 0 bridgehead atoms. The summed E-state index contributed by atoms with van der Waals surface area (Å²) in [5, 5.41) is 6.38. The molecule has 7 heteroatoms. The number of Topliss-reactive ketones (excluding diaryl/α,β-unsaturated/α-hetero) is 2. The summed E-state index contributed by atoms with van der Waals surface area (Å²) >= 11 is 0. The predicted molar refractivity (Wildman–Crippen MR) is 154 cm³/mol. The van der Waals surface area contributed by atoms with Gasteiger partial charge in [-0.1, -0.05) is 45.9 Å². The number of ketones is 2. The second kappa shape index (κ2) is 10.3. The van der Waals surface area contributed by atoms with Gasteiger partial charge in [-0.2, -0.15) is 0 Å². The van der Waals surface area contributed by atoms with Crippen LogP contribution in [-0.2, 0) is 14.4 Å². The molecule has 40 heavy (non-hydrogen) atoms. The molecule has 2 N–H and O–H groups in total. The molecule has 0 radical (unpaired) electrons. The van der Waals surface area contributed by atoms with Crippen LogP contribution in [0.5, 0.6) is 11.5 Å². The Labute approximate surface area is 236 Å². The number of nitrogens with one attached hydrogen (secondary N) is 2. The summed E-state index contributed by atoms with van der Waals surface area (Å²) in [6, 6.07) is 13.0. The van der Waals surface area contributed by atoms with E-state index in [-0.39, 0.29) is 34.9 Å². The Morgan fingerprint density at radius 1 is 0.900 bits per heavy atom. The number of hydrogen-bond acceptors (Lipinski definition) is 6. The van der Waals surface area contributed by atoms with Crippen LogP contribution in [-0.4, -0.2) is 31.2 Å². The maximum absolute atomic E-state index is 13.6. The number of carbonyl (C=O) groups excluding carboxylic acids is 3. The van der Waals surface area contributed by atoms with E-state index in [1.54, 1.807) is 13.2 Å². The fraction of sp³-hybridized carbons (Fsp3) is 0.424. The number of methoxy groups -OCH3 is 1. The van der Waals surface area contributed by atoms with Gasteiger partial charge in [0.25, 0.3) is 5.91 Å². The Bertz CT molecular complexity index is 1410. The summed E-state index contributed by atoms with van der Waals surface area (Å²) in [6.07, 6.45) is 2.34. The summed E-state index contributed by atoms with van der Waals surface area (Å²) in [5.41, 5.74) is 5.43. The lowest BCUT2D eigenvalue weighted by atomic mass is 9.64. The third-order valence-corrected chi connectivity index (χ3v) is 7.90. The van der Waals surface area contributed by atoms with Crippen molar-refractivity contribution in [3.8, 4) is 11.5 Å². The van der Waals surface area contributed by atoms with Gasteiger partial charge in [0.05, 0.1) is 7.11 Å². The summed E-state index contributed by atoms with van der Waals surface area (Å²) < 4.78 is 11.5. The van der Waals surface area contributed by atoms with E-state index in [1.165, 1.54) is 0 Å². The number of benzene rings is 2. The van der Waals surface area contributed by atoms with Gasteiger partial charge in [-0.25, -0.2) is 0 Å². The lowest BCUT2D eigenvalue weighted by molar-refractivity contribution is -0.119. The van der Waals surface area contributed by atoms with Crippen LogP contribution in [0.15, 0.2) is 65.0 Å². The standard InChI is InChI=1S/C33H38N2O5/c1-19-8-7-9-21(12-19)34-28(38)18-40-26-11-10-20(13-27(26)39-6)29-30-22(14-32(2,3)16-24(30)36)35-23-15-33(4,5)17-25(37)31(23)29/h7-13,29,35H,14-18H2,1-6H3,(H,34,38). The van der Waals surface area contributed by atoms with Gasteiger partial charge in [-0.05, 0) is 66.0 Å². The van der Waals surface area contributed by atoms with E-state index >= 15 is 0 Å². The summed E-state index contributed by atoms with van der Waals surface area (Å²) in [7, 11) is 1.54. The number of dihydropyridines is 1. The van der Waals surface area contributed by atoms with Gasteiger partial charge in [0, 0.05) is 47.0 Å². The molecular formula is C33H38N2O5. The van der Waals surface area contributed by atoms with E-state index in [1.807, 2.05) is 43.3 Å². The molecule has 3 aliphatic rings. The quantitative estimate of drug-likeness (QED) is 0.466.